The minimum Gasteiger partial charge on any atom is -0.493 e. The lowest BCUT2D eigenvalue weighted by Crippen LogP contribution is -2.41. The Kier molecular flexibility index (Phi) is 4.64. The quantitative estimate of drug-likeness (QED) is 0.818. The summed E-state index contributed by atoms with van der Waals surface area (Å²) in [5.41, 5.74) is 0.0193. The van der Waals surface area contributed by atoms with Gasteiger partial charge in [0.05, 0.1) is 25.1 Å². The highest BCUT2D eigenvalue weighted by Crippen LogP contribution is 2.30. The number of aromatic nitrogens is 2. The van der Waals surface area contributed by atoms with Crippen LogP contribution < -0.4 is 15.0 Å². The fourth-order valence-electron chi connectivity index (χ4n) is 3.26. The van der Waals surface area contributed by atoms with Crippen LogP contribution in [0.25, 0.3) is 10.9 Å². The maximum Gasteiger partial charge on any atom is 0.261 e. The van der Waals surface area contributed by atoms with Crippen molar-refractivity contribution in [1.29, 1.82) is 0 Å². The number of carbonyl (C=O) groups excluding carboxylic acids is 1. The van der Waals surface area contributed by atoms with Crippen LogP contribution >= 0.6 is 0 Å². The van der Waals surface area contributed by atoms with E-state index in [1.807, 2.05) is 25.7 Å². The van der Waals surface area contributed by atoms with E-state index in [4.69, 9.17) is 9.47 Å². The highest BCUT2D eigenvalue weighted by molar-refractivity contribution is 5.82. The fraction of sp³-hybridized carbons (Fsp3) is 0.526. The van der Waals surface area contributed by atoms with Gasteiger partial charge in [0.1, 0.15) is 5.82 Å². The highest BCUT2D eigenvalue weighted by Gasteiger charge is 2.29. The van der Waals surface area contributed by atoms with Crippen molar-refractivity contribution in [3.63, 3.8) is 0 Å². The molecule has 0 spiro atoms. The molecule has 0 bridgehead atoms. The van der Waals surface area contributed by atoms with E-state index < -0.39 is 5.41 Å². The van der Waals surface area contributed by atoms with Crippen LogP contribution in [0.3, 0.4) is 0 Å². The minimum absolute atomic E-state index is 0.0891. The number of amides is 1. The van der Waals surface area contributed by atoms with Crippen molar-refractivity contribution >= 4 is 16.8 Å². The van der Waals surface area contributed by atoms with Gasteiger partial charge in [0.2, 0.25) is 5.91 Å². The number of rotatable bonds is 2. The number of carbonyl (C=O) groups is 1. The van der Waals surface area contributed by atoms with Crippen LogP contribution in [-0.4, -0.2) is 47.7 Å². The number of methoxy groups -OCH3 is 2. The molecule has 7 heteroatoms. The van der Waals surface area contributed by atoms with Gasteiger partial charge in [-0.25, -0.2) is 4.98 Å². The number of benzene rings is 1. The Bertz CT molecular complexity index is 912. The Hall–Kier alpha value is -2.57. The molecule has 0 saturated heterocycles. The third-order valence-corrected chi connectivity index (χ3v) is 4.67. The van der Waals surface area contributed by atoms with Crippen LogP contribution in [0.4, 0.5) is 0 Å². The van der Waals surface area contributed by atoms with Crippen molar-refractivity contribution in [2.24, 2.45) is 5.41 Å². The lowest BCUT2D eigenvalue weighted by atomic mass is 9.94. The van der Waals surface area contributed by atoms with E-state index in [1.54, 1.807) is 23.8 Å². The van der Waals surface area contributed by atoms with Crippen molar-refractivity contribution in [3.05, 3.63) is 28.3 Å². The zero-order chi connectivity index (χ0) is 19.1. The second kappa shape index (κ2) is 6.63. The van der Waals surface area contributed by atoms with Gasteiger partial charge in [-0.15, -0.1) is 0 Å². The zero-order valence-corrected chi connectivity index (χ0v) is 16.0. The van der Waals surface area contributed by atoms with Crippen molar-refractivity contribution in [1.82, 2.24) is 14.5 Å². The van der Waals surface area contributed by atoms with Crippen LogP contribution in [0.15, 0.2) is 16.9 Å². The van der Waals surface area contributed by atoms with Gasteiger partial charge in [-0.2, -0.15) is 0 Å². The van der Waals surface area contributed by atoms with E-state index in [-0.39, 0.29) is 11.5 Å². The summed E-state index contributed by atoms with van der Waals surface area (Å²) in [5.74, 6) is 1.82. The monoisotopic (exact) mass is 359 g/mol. The van der Waals surface area contributed by atoms with Gasteiger partial charge in [-0.3, -0.25) is 14.2 Å². The first-order valence-electron chi connectivity index (χ1n) is 8.71. The maximum atomic E-state index is 13.0. The second-order valence-corrected chi connectivity index (χ2v) is 7.50. The standard InChI is InChI=1S/C19H25N3O4/c1-19(2,3)18(24)21-7-6-16-20-13-11-15(26-5)14(25-4)10-12(13)17(23)22(16)9-8-21/h10-11H,6-9H2,1-5H3. The molecule has 26 heavy (non-hydrogen) atoms. The molecule has 2 heterocycles. The molecule has 0 N–H and O–H groups in total. The Morgan fingerprint density at radius 1 is 1.08 bits per heavy atom. The first-order chi connectivity index (χ1) is 12.3. The zero-order valence-electron chi connectivity index (χ0n) is 16.0. The number of hydrogen-bond donors (Lipinski definition) is 0. The van der Waals surface area contributed by atoms with Crippen LogP contribution in [-0.2, 0) is 17.8 Å². The third-order valence-electron chi connectivity index (χ3n) is 4.67. The van der Waals surface area contributed by atoms with Crippen molar-refractivity contribution < 1.29 is 14.3 Å². The summed E-state index contributed by atoms with van der Waals surface area (Å²) < 4.78 is 12.3. The largest absolute Gasteiger partial charge is 0.493 e. The molecule has 1 aliphatic heterocycles. The lowest BCUT2D eigenvalue weighted by molar-refractivity contribution is -0.139. The first-order valence-corrected chi connectivity index (χ1v) is 8.71. The van der Waals surface area contributed by atoms with Gasteiger partial charge >= 0.3 is 0 Å². The summed E-state index contributed by atoms with van der Waals surface area (Å²) in [6.45, 7) is 7.22. The van der Waals surface area contributed by atoms with Gasteiger partial charge in [-0.05, 0) is 6.07 Å². The van der Waals surface area contributed by atoms with E-state index in [9.17, 15) is 9.59 Å². The molecular weight excluding hydrogens is 334 g/mol. The minimum atomic E-state index is -0.444. The van der Waals surface area contributed by atoms with Gasteiger partial charge < -0.3 is 14.4 Å². The summed E-state index contributed by atoms with van der Waals surface area (Å²) in [6, 6.07) is 3.39. The van der Waals surface area contributed by atoms with E-state index >= 15 is 0 Å². The van der Waals surface area contributed by atoms with Gasteiger partial charge in [0.25, 0.3) is 5.56 Å². The molecule has 1 aliphatic rings. The first kappa shape index (κ1) is 18.2. The molecule has 0 unspecified atom stereocenters. The van der Waals surface area contributed by atoms with Crippen LogP contribution in [0.2, 0.25) is 0 Å². The molecule has 0 fully saturated rings. The van der Waals surface area contributed by atoms with Gasteiger partial charge in [-0.1, -0.05) is 20.8 Å². The third kappa shape index (κ3) is 3.13. The molecule has 7 nitrogen and oxygen atoms in total. The number of fused-ring (bicyclic) bond motifs is 2. The molecule has 1 aromatic carbocycles. The topological polar surface area (TPSA) is 73.7 Å². The van der Waals surface area contributed by atoms with E-state index in [0.29, 0.717) is 54.3 Å². The fourth-order valence-corrected chi connectivity index (χ4v) is 3.26. The average molecular weight is 359 g/mol. The molecule has 0 aliphatic carbocycles. The lowest BCUT2D eigenvalue weighted by Gasteiger charge is -2.27. The molecule has 1 aromatic heterocycles. The summed E-state index contributed by atoms with van der Waals surface area (Å²) in [4.78, 5) is 32.1. The second-order valence-electron chi connectivity index (χ2n) is 7.50. The molecule has 3 rings (SSSR count). The average Bonchev–Trinajstić information content (AvgIpc) is 2.82. The van der Waals surface area contributed by atoms with Crippen LogP contribution in [0.1, 0.15) is 26.6 Å². The number of ether oxygens (including phenoxy) is 2. The molecule has 0 radical (unpaired) electrons. The SMILES string of the molecule is COc1cc2nc3n(c(=O)c2cc1OC)CCN(C(=O)C(C)(C)C)CC3. The Balaban J connectivity index is 2.04. The van der Waals surface area contributed by atoms with E-state index in [2.05, 4.69) is 4.98 Å². The summed E-state index contributed by atoms with van der Waals surface area (Å²) >= 11 is 0. The molecule has 0 atom stereocenters. The van der Waals surface area contributed by atoms with Gasteiger partial charge in [0.15, 0.2) is 11.5 Å². The molecule has 140 valence electrons. The summed E-state index contributed by atoms with van der Waals surface area (Å²) in [6.07, 6.45) is 0.543. The van der Waals surface area contributed by atoms with Crippen LogP contribution in [0.5, 0.6) is 11.5 Å². The normalized spacial score (nSPS) is 14.7. The van der Waals surface area contributed by atoms with Crippen molar-refractivity contribution in [2.75, 3.05) is 27.3 Å². The maximum absolute atomic E-state index is 13.0. The summed E-state index contributed by atoms with van der Waals surface area (Å²) in [7, 11) is 3.09. The molecule has 1 amide bonds. The van der Waals surface area contributed by atoms with Crippen molar-refractivity contribution in [2.45, 2.75) is 33.7 Å². The van der Waals surface area contributed by atoms with Crippen molar-refractivity contribution in [3.8, 4) is 11.5 Å². The predicted molar refractivity (Wildman–Crippen MR) is 98.8 cm³/mol. The number of nitrogens with zero attached hydrogens (tertiary/aromatic N) is 3. The Labute approximate surface area is 152 Å². The smallest absolute Gasteiger partial charge is 0.261 e. The van der Waals surface area contributed by atoms with E-state index in [1.165, 1.54) is 7.11 Å². The predicted octanol–water partition coefficient (Wildman–Crippen LogP) is 1.84. The highest BCUT2D eigenvalue weighted by atomic mass is 16.5. The molecule has 2 aromatic rings. The molecular formula is C19H25N3O4. The Morgan fingerprint density at radius 2 is 1.73 bits per heavy atom. The summed E-state index contributed by atoms with van der Waals surface area (Å²) in [5, 5.41) is 0.488. The van der Waals surface area contributed by atoms with Gasteiger partial charge in [0, 0.05) is 37.5 Å². The van der Waals surface area contributed by atoms with E-state index in [0.717, 1.165) is 0 Å². The Morgan fingerprint density at radius 3 is 2.35 bits per heavy atom. The van der Waals surface area contributed by atoms with Crippen LogP contribution in [0, 0.1) is 5.41 Å². The molecule has 0 saturated carbocycles. The number of hydrogen-bond acceptors (Lipinski definition) is 5.